The Hall–Kier alpha value is -3.13. The first-order valence-corrected chi connectivity index (χ1v) is 10.7. The molecular formula is C24H33FN4O3. The lowest BCUT2D eigenvalue weighted by atomic mass is 10.1. The Balaban J connectivity index is 1.84. The Labute approximate surface area is 189 Å². The first kappa shape index (κ1) is 25.1. The van der Waals surface area contributed by atoms with Crippen LogP contribution in [-0.2, 0) is 11.2 Å². The largest absolute Gasteiger partial charge is 0.444 e. The molecule has 1 amide bonds. The smallest absolute Gasteiger partial charge is 0.412 e. The van der Waals surface area contributed by atoms with E-state index in [9.17, 15) is 14.3 Å². The highest BCUT2D eigenvalue weighted by Crippen LogP contribution is 2.17. The minimum Gasteiger partial charge on any atom is -0.444 e. The predicted molar refractivity (Wildman–Crippen MR) is 125 cm³/mol. The number of aliphatic imine (C=N–C) groups is 1. The standard InChI is InChI=1S/C24H33FN4O3/c1-5-26-22(28-16-21(30)19-8-6-7-9-20(19)25)27-15-14-17-10-12-18(13-11-17)29-23(31)32-24(2,3)4/h6-13,21,30H,5,14-16H2,1-4H3,(H,29,31)(H2,26,27,28). The molecule has 2 rings (SSSR count). The van der Waals surface area contributed by atoms with Crippen molar-refractivity contribution in [1.29, 1.82) is 0 Å². The van der Waals surface area contributed by atoms with E-state index in [0.717, 1.165) is 12.0 Å². The Morgan fingerprint density at radius 3 is 2.44 bits per heavy atom. The van der Waals surface area contributed by atoms with Crippen molar-refractivity contribution in [3.8, 4) is 0 Å². The van der Waals surface area contributed by atoms with Gasteiger partial charge in [-0.1, -0.05) is 30.3 Å². The van der Waals surface area contributed by atoms with Crippen LogP contribution in [0.4, 0.5) is 14.9 Å². The fraction of sp³-hybridized carbons (Fsp3) is 0.417. The molecule has 1 atom stereocenters. The van der Waals surface area contributed by atoms with Gasteiger partial charge in [-0.25, -0.2) is 9.18 Å². The second-order valence-corrected chi connectivity index (χ2v) is 8.26. The second kappa shape index (κ2) is 12.0. The maximum Gasteiger partial charge on any atom is 0.412 e. The highest BCUT2D eigenvalue weighted by atomic mass is 19.1. The summed E-state index contributed by atoms with van der Waals surface area (Å²) in [4.78, 5) is 16.2. The summed E-state index contributed by atoms with van der Waals surface area (Å²) in [5.41, 5.74) is 1.42. The summed E-state index contributed by atoms with van der Waals surface area (Å²) in [6.07, 6.45) is -0.778. The third-order valence-electron chi connectivity index (χ3n) is 4.34. The van der Waals surface area contributed by atoms with Crippen molar-refractivity contribution in [3.63, 3.8) is 0 Å². The zero-order valence-electron chi connectivity index (χ0n) is 19.1. The fourth-order valence-electron chi connectivity index (χ4n) is 2.86. The first-order valence-electron chi connectivity index (χ1n) is 10.7. The van der Waals surface area contributed by atoms with Gasteiger partial charge in [-0.3, -0.25) is 10.3 Å². The van der Waals surface area contributed by atoms with Crippen molar-refractivity contribution >= 4 is 17.7 Å². The number of guanidine groups is 1. The van der Waals surface area contributed by atoms with Crippen LogP contribution in [0.3, 0.4) is 0 Å². The van der Waals surface area contributed by atoms with Gasteiger partial charge in [-0.2, -0.15) is 0 Å². The number of aliphatic hydroxyl groups excluding tert-OH is 1. The molecule has 1 unspecified atom stereocenters. The van der Waals surface area contributed by atoms with Crippen LogP contribution < -0.4 is 16.0 Å². The molecule has 0 fully saturated rings. The van der Waals surface area contributed by atoms with Crippen molar-refractivity contribution in [2.45, 2.75) is 45.8 Å². The average Bonchev–Trinajstić information content (AvgIpc) is 2.72. The Kier molecular flexibility index (Phi) is 9.46. The van der Waals surface area contributed by atoms with Crippen LogP contribution in [-0.4, -0.2) is 42.4 Å². The third kappa shape index (κ3) is 8.93. The number of carbonyl (C=O) groups excluding carboxylic acids is 1. The number of halogens is 1. The number of ether oxygens (including phenoxy) is 1. The lowest BCUT2D eigenvalue weighted by molar-refractivity contribution is 0.0636. The van der Waals surface area contributed by atoms with Crippen molar-refractivity contribution in [2.24, 2.45) is 4.99 Å². The molecule has 0 radical (unpaired) electrons. The highest BCUT2D eigenvalue weighted by Gasteiger charge is 2.16. The van der Waals surface area contributed by atoms with Gasteiger partial charge in [0.05, 0.1) is 6.54 Å². The van der Waals surface area contributed by atoms with E-state index in [1.54, 1.807) is 18.2 Å². The number of nitrogens with zero attached hydrogens (tertiary/aromatic N) is 1. The van der Waals surface area contributed by atoms with Gasteiger partial charge < -0.3 is 20.5 Å². The zero-order chi connectivity index (χ0) is 23.6. The molecule has 0 spiro atoms. The maximum atomic E-state index is 13.8. The molecule has 2 aromatic carbocycles. The van der Waals surface area contributed by atoms with E-state index in [1.165, 1.54) is 6.07 Å². The Bertz CT molecular complexity index is 895. The highest BCUT2D eigenvalue weighted by molar-refractivity contribution is 5.84. The van der Waals surface area contributed by atoms with Gasteiger partial charge in [-0.15, -0.1) is 0 Å². The molecule has 32 heavy (non-hydrogen) atoms. The molecule has 0 bridgehead atoms. The van der Waals surface area contributed by atoms with Crippen LogP contribution in [0.5, 0.6) is 0 Å². The molecule has 174 valence electrons. The van der Waals surface area contributed by atoms with Crippen LogP contribution in [0.25, 0.3) is 0 Å². The van der Waals surface area contributed by atoms with Gasteiger partial charge in [0.15, 0.2) is 5.96 Å². The Morgan fingerprint density at radius 1 is 1.12 bits per heavy atom. The van der Waals surface area contributed by atoms with Crippen molar-refractivity contribution < 1.29 is 19.0 Å². The summed E-state index contributed by atoms with van der Waals surface area (Å²) >= 11 is 0. The number of carbonyl (C=O) groups is 1. The Morgan fingerprint density at radius 2 is 1.81 bits per heavy atom. The number of rotatable bonds is 8. The summed E-state index contributed by atoms with van der Waals surface area (Å²) in [5, 5.41) is 19.3. The van der Waals surface area contributed by atoms with Crippen LogP contribution in [0.2, 0.25) is 0 Å². The minimum absolute atomic E-state index is 0.0430. The van der Waals surface area contributed by atoms with E-state index in [0.29, 0.717) is 24.7 Å². The summed E-state index contributed by atoms with van der Waals surface area (Å²) in [6.45, 7) is 8.70. The number of nitrogens with one attached hydrogen (secondary N) is 3. The molecule has 0 saturated heterocycles. The second-order valence-electron chi connectivity index (χ2n) is 8.26. The van der Waals surface area contributed by atoms with Gasteiger partial charge in [0, 0.05) is 24.3 Å². The number of aliphatic hydroxyl groups is 1. The number of anilines is 1. The third-order valence-corrected chi connectivity index (χ3v) is 4.34. The number of hydrogen-bond acceptors (Lipinski definition) is 4. The van der Waals surface area contributed by atoms with E-state index >= 15 is 0 Å². The van der Waals surface area contributed by atoms with Gasteiger partial charge in [0.1, 0.15) is 17.5 Å². The number of hydrogen-bond donors (Lipinski definition) is 4. The van der Waals surface area contributed by atoms with E-state index < -0.39 is 23.6 Å². The van der Waals surface area contributed by atoms with E-state index in [2.05, 4.69) is 20.9 Å². The molecule has 2 aromatic rings. The number of benzene rings is 2. The topological polar surface area (TPSA) is 95.0 Å². The molecule has 4 N–H and O–H groups in total. The van der Waals surface area contributed by atoms with Gasteiger partial charge >= 0.3 is 6.09 Å². The number of amides is 1. The van der Waals surface area contributed by atoms with E-state index in [1.807, 2.05) is 52.0 Å². The van der Waals surface area contributed by atoms with Gasteiger partial charge in [0.2, 0.25) is 0 Å². The van der Waals surface area contributed by atoms with Crippen LogP contribution in [0.15, 0.2) is 53.5 Å². The van der Waals surface area contributed by atoms with E-state index in [-0.39, 0.29) is 12.1 Å². The fourth-order valence-corrected chi connectivity index (χ4v) is 2.86. The zero-order valence-corrected chi connectivity index (χ0v) is 19.1. The first-order chi connectivity index (χ1) is 15.2. The summed E-state index contributed by atoms with van der Waals surface area (Å²) in [7, 11) is 0. The summed E-state index contributed by atoms with van der Waals surface area (Å²) in [6, 6.07) is 13.6. The molecule has 8 heteroatoms. The summed E-state index contributed by atoms with van der Waals surface area (Å²) < 4.78 is 19.0. The summed E-state index contributed by atoms with van der Waals surface area (Å²) in [5.74, 6) is 0.101. The van der Waals surface area contributed by atoms with Gasteiger partial charge in [0.25, 0.3) is 0 Å². The molecule has 0 aliphatic rings. The quantitative estimate of drug-likeness (QED) is 0.365. The maximum absolute atomic E-state index is 13.8. The normalized spacial score (nSPS) is 12.8. The lowest BCUT2D eigenvalue weighted by Gasteiger charge is -2.19. The molecule has 0 heterocycles. The monoisotopic (exact) mass is 444 g/mol. The van der Waals surface area contributed by atoms with E-state index in [4.69, 9.17) is 4.74 Å². The van der Waals surface area contributed by atoms with Gasteiger partial charge in [-0.05, 0) is 57.9 Å². The molecule has 0 aliphatic carbocycles. The van der Waals surface area contributed by atoms with Crippen molar-refractivity contribution in [3.05, 3.63) is 65.5 Å². The molecule has 7 nitrogen and oxygen atoms in total. The van der Waals surface area contributed by atoms with Crippen LogP contribution in [0, 0.1) is 5.82 Å². The van der Waals surface area contributed by atoms with Crippen molar-refractivity contribution in [2.75, 3.05) is 25.0 Å². The molecule has 0 saturated carbocycles. The average molecular weight is 445 g/mol. The SMILES string of the molecule is CCNC(=NCC(O)c1ccccc1F)NCCc1ccc(NC(=O)OC(C)(C)C)cc1. The molecule has 0 aromatic heterocycles. The lowest BCUT2D eigenvalue weighted by Crippen LogP contribution is -2.38. The minimum atomic E-state index is -1.02. The molecule has 0 aliphatic heterocycles. The van der Waals surface area contributed by atoms with Crippen LogP contribution >= 0.6 is 0 Å². The predicted octanol–water partition coefficient (Wildman–Crippen LogP) is 4.00. The molecular weight excluding hydrogens is 411 g/mol. The van der Waals surface area contributed by atoms with Crippen molar-refractivity contribution in [1.82, 2.24) is 10.6 Å². The van der Waals surface area contributed by atoms with Crippen LogP contribution in [0.1, 0.15) is 44.9 Å².